The maximum absolute atomic E-state index is 12.8. The van der Waals surface area contributed by atoms with E-state index in [1.165, 1.54) is 42.5 Å². The van der Waals surface area contributed by atoms with Crippen molar-refractivity contribution < 1.29 is 4.79 Å². The van der Waals surface area contributed by atoms with E-state index in [4.69, 9.17) is 0 Å². The molecule has 32 heavy (non-hydrogen) atoms. The van der Waals surface area contributed by atoms with Crippen LogP contribution in [0.25, 0.3) is 11.1 Å². The van der Waals surface area contributed by atoms with E-state index < -0.39 is 0 Å². The molecule has 0 amide bonds. The number of hydrogen-bond donors (Lipinski definition) is 1. The Labute approximate surface area is 192 Å². The maximum Gasteiger partial charge on any atom is 0.167 e. The zero-order valence-corrected chi connectivity index (χ0v) is 19.0. The van der Waals surface area contributed by atoms with Crippen LogP contribution in [0.4, 0.5) is 0 Å². The molecule has 0 radical (unpaired) electrons. The van der Waals surface area contributed by atoms with E-state index in [0.29, 0.717) is 18.4 Å². The predicted octanol–water partition coefficient (Wildman–Crippen LogP) is 6.59. The van der Waals surface area contributed by atoms with Gasteiger partial charge in [0.05, 0.1) is 0 Å². The number of benzene rings is 3. The molecule has 3 aromatic carbocycles. The van der Waals surface area contributed by atoms with Gasteiger partial charge in [0.2, 0.25) is 0 Å². The largest absolute Gasteiger partial charge is 0.313 e. The molecule has 2 aliphatic carbocycles. The Morgan fingerprint density at radius 2 is 1.47 bits per heavy atom. The highest BCUT2D eigenvalue weighted by atomic mass is 16.1. The molecular weight excluding hydrogens is 390 g/mol. The summed E-state index contributed by atoms with van der Waals surface area (Å²) in [7, 11) is 0. The number of ketones is 1. The van der Waals surface area contributed by atoms with E-state index in [-0.39, 0.29) is 5.78 Å². The smallest absolute Gasteiger partial charge is 0.167 e. The quantitative estimate of drug-likeness (QED) is 0.373. The number of carbonyl (C=O) groups is 1. The summed E-state index contributed by atoms with van der Waals surface area (Å²) in [6.45, 7) is 3.39. The van der Waals surface area contributed by atoms with Crippen molar-refractivity contribution in [1.82, 2.24) is 5.32 Å². The van der Waals surface area contributed by atoms with Crippen molar-refractivity contribution in [1.29, 1.82) is 0 Å². The van der Waals surface area contributed by atoms with Crippen LogP contribution >= 0.6 is 0 Å². The summed E-state index contributed by atoms with van der Waals surface area (Å²) >= 11 is 0. The lowest BCUT2D eigenvalue weighted by molar-refractivity contribution is 0.0993. The second-order valence-electron chi connectivity index (χ2n) is 9.67. The highest BCUT2D eigenvalue weighted by Crippen LogP contribution is 2.41. The Balaban J connectivity index is 1.16. The minimum atomic E-state index is 0.179. The standard InChI is InChI=1S/C30H33NO/c1-2-3-21-6-10-24(11-7-21)25-14-16-27(17-15-25)30(32)18-22-8-12-26(13-9-22)28-19-29(28)31-20-23-4-5-23/h6-17,23,28-29,31H,2-5,18-20H2,1H3. The zero-order valence-electron chi connectivity index (χ0n) is 19.0. The van der Waals surface area contributed by atoms with Crippen LogP contribution in [-0.2, 0) is 12.8 Å². The summed E-state index contributed by atoms with van der Waals surface area (Å²) in [6, 6.07) is 26.2. The van der Waals surface area contributed by atoms with Gasteiger partial charge in [0.25, 0.3) is 0 Å². The van der Waals surface area contributed by atoms with Crippen LogP contribution in [0.5, 0.6) is 0 Å². The van der Waals surface area contributed by atoms with Crippen molar-refractivity contribution in [3.63, 3.8) is 0 Å². The van der Waals surface area contributed by atoms with Crippen molar-refractivity contribution in [2.45, 2.75) is 57.4 Å². The molecule has 2 saturated carbocycles. The van der Waals surface area contributed by atoms with Gasteiger partial charge in [-0.1, -0.05) is 86.1 Å². The lowest BCUT2D eigenvalue weighted by atomic mass is 9.98. The normalized spacial score (nSPS) is 19.7. The molecule has 0 saturated heterocycles. The highest BCUT2D eigenvalue weighted by molar-refractivity contribution is 5.97. The summed E-state index contributed by atoms with van der Waals surface area (Å²) in [5.74, 6) is 1.77. The van der Waals surface area contributed by atoms with Crippen molar-refractivity contribution in [2.24, 2.45) is 5.92 Å². The first-order valence-electron chi connectivity index (χ1n) is 12.2. The van der Waals surface area contributed by atoms with Gasteiger partial charge in [0.15, 0.2) is 5.78 Å². The van der Waals surface area contributed by atoms with Crippen molar-refractivity contribution in [2.75, 3.05) is 6.54 Å². The van der Waals surface area contributed by atoms with E-state index >= 15 is 0 Å². The molecule has 0 bridgehead atoms. The number of aryl methyl sites for hydroxylation is 1. The fourth-order valence-corrected chi connectivity index (χ4v) is 4.60. The Morgan fingerprint density at radius 1 is 0.844 bits per heavy atom. The molecule has 3 aromatic rings. The minimum absolute atomic E-state index is 0.179. The van der Waals surface area contributed by atoms with E-state index in [0.717, 1.165) is 35.4 Å². The van der Waals surface area contributed by atoms with Gasteiger partial charge in [0, 0.05) is 23.9 Å². The fourth-order valence-electron chi connectivity index (χ4n) is 4.60. The van der Waals surface area contributed by atoms with E-state index in [9.17, 15) is 4.79 Å². The third-order valence-corrected chi connectivity index (χ3v) is 6.96. The SMILES string of the molecule is CCCc1ccc(-c2ccc(C(=O)Cc3ccc(C4CC4NCC4CC4)cc3)cc2)cc1. The second kappa shape index (κ2) is 9.42. The van der Waals surface area contributed by atoms with Crippen LogP contribution in [0, 0.1) is 5.92 Å². The molecule has 1 N–H and O–H groups in total. The molecule has 0 heterocycles. The monoisotopic (exact) mass is 423 g/mol. The second-order valence-corrected chi connectivity index (χ2v) is 9.67. The lowest BCUT2D eigenvalue weighted by Gasteiger charge is -2.07. The van der Waals surface area contributed by atoms with Gasteiger partial charge >= 0.3 is 0 Å². The third kappa shape index (κ3) is 5.19. The van der Waals surface area contributed by atoms with Gasteiger partial charge < -0.3 is 5.32 Å². The number of carbonyl (C=O) groups excluding carboxylic acids is 1. The Kier molecular flexibility index (Phi) is 6.23. The highest BCUT2D eigenvalue weighted by Gasteiger charge is 2.38. The first kappa shape index (κ1) is 21.2. The molecule has 2 aliphatic rings. The summed E-state index contributed by atoms with van der Waals surface area (Å²) < 4.78 is 0. The molecular formula is C30H33NO. The molecule has 2 fully saturated rings. The molecule has 164 valence electrons. The number of rotatable bonds is 10. The van der Waals surface area contributed by atoms with E-state index in [1.807, 2.05) is 12.1 Å². The molecule has 2 heteroatoms. The molecule has 0 aliphatic heterocycles. The first-order valence-corrected chi connectivity index (χ1v) is 12.2. The molecule has 0 spiro atoms. The van der Waals surface area contributed by atoms with Gasteiger partial charge in [-0.2, -0.15) is 0 Å². The molecule has 0 aromatic heterocycles. The fraction of sp³-hybridized carbons (Fsp3) is 0.367. The summed E-state index contributed by atoms with van der Waals surface area (Å²) in [5.41, 5.74) is 7.02. The first-order chi connectivity index (χ1) is 15.7. The van der Waals surface area contributed by atoms with Crippen LogP contribution in [0.2, 0.25) is 0 Å². The summed E-state index contributed by atoms with van der Waals surface area (Å²) in [4.78, 5) is 12.8. The van der Waals surface area contributed by atoms with Gasteiger partial charge in [-0.05, 0) is 66.0 Å². The Bertz CT molecular complexity index is 1050. The van der Waals surface area contributed by atoms with Crippen LogP contribution in [0.15, 0.2) is 72.8 Å². The minimum Gasteiger partial charge on any atom is -0.313 e. The van der Waals surface area contributed by atoms with Crippen molar-refractivity contribution >= 4 is 5.78 Å². The van der Waals surface area contributed by atoms with Gasteiger partial charge in [-0.3, -0.25) is 4.79 Å². The van der Waals surface area contributed by atoms with Gasteiger partial charge in [-0.15, -0.1) is 0 Å². The maximum atomic E-state index is 12.8. The van der Waals surface area contributed by atoms with E-state index in [2.05, 4.69) is 72.9 Å². The predicted molar refractivity (Wildman–Crippen MR) is 132 cm³/mol. The van der Waals surface area contributed by atoms with Crippen LogP contribution < -0.4 is 5.32 Å². The van der Waals surface area contributed by atoms with Crippen LogP contribution in [0.1, 0.15) is 65.6 Å². The van der Waals surface area contributed by atoms with Gasteiger partial charge in [-0.25, -0.2) is 0 Å². The Morgan fingerprint density at radius 3 is 2.09 bits per heavy atom. The number of hydrogen-bond acceptors (Lipinski definition) is 2. The van der Waals surface area contributed by atoms with Crippen molar-refractivity contribution in [3.05, 3.63) is 95.1 Å². The molecule has 5 rings (SSSR count). The van der Waals surface area contributed by atoms with E-state index in [1.54, 1.807) is 0 Å². The third-order valence-electron chi connectivity index (χ3n) is 6.96. The average Bonchev–Trinajstić information content (AvgIpc) is 3.74. The van der Waals surface area contributed by atoms with Crippen LogP contribution in [0.3, 0.4) is 0 Å². The molecule has 2 nitrogen and oxygen atoms in total. The molecule has 2 unspecified atom stereocenters. The lowest BCUT2D eigenvalue weighted by Crippen LogP contribution is -2.20. The topological polar surface area (TPSA) is 29.1 Å². The molecule has 2 atom stereocenters. The van der Waals surface area contributed by atoms with Crippen LogP contribution in [-0.4, -0.2) is 18.4 Å². The average molecular weight is 424 g/mol. The number of Topliss-reactive ketones (excluding diaryl/α,β-unsaturated/α-hetero) is 1. The zero-order chi connectivity index (χ0) is 21.9. The Hall–Kier alpha value is -2.71. The summed E-state index contributed by atoms with van der Waals surface area (Å²) in [5, 5.41) is 3.71. The van der Waals surface area contributed by atoms with Crippen molar-refractivity contribution in [3.8, 4) is 11.1 Å². The summed E-state index contributed by atoms with van der Waals surface area (Å²) in [6.07, 6.45) is 6.80. The number of nitrogens with one attached hydrogen (secondary N) is 1. The van der Waals surface area contributed by atoms with Gasteiger partial charge in [0.1, 0.15) is 0 Å².